The number of hydrogen-bond acceptors (Lipinski definition) is 3. The van der Waals surface area contributed by atoms with E-state index in [-0.39, 0.29) is 23.8 Å². The lowest BCUT2D eigenvalue weighted by Gasteiger charge is -2.18. The zero-order valence-electron chi connectivity index (χ0n) is 10.9. The molecule has 2 N–H and O–H groups in total. The Hall–Kier alpha value is -1.75. The lowest BCUT2D eigenvalue weighted by atomic mass is 10.2. The molecule has 0 spiro atoms. The summed E-state index contributed by atoms with van der Waals surface area (Å²) < 4.78 is 0. The van der Waals surface area contributed by atoms with E-state index in [0.717, 1.165) is 0 Å². The number of phenols is 1. The summed E-state index contributed by atoms with van der Waals surface area (Å²) in [6.07, 6.45) is 0. The van der Waals surface area contributed by atoms with E-state index in [0.29, 0.717) is 18.1 Å². The van der Waals surface area contributed by atoms with Gasteiger partial charge in [0.1, 0.15) is 5.75 Å². The predicted octanol–water partition coefficient (Wildman–Crippen LogP) is 1.64. The number of halogens is 1. The lowest BCUT2D eigenvalue weighted by Crippen LogP contribution is -2.40. The Morgan fingerprint density at radius 2 is 1.95 bits per heavy atom. The van der Waals surface area contributed by atoms with E-state index in [1.54, 1.807) is 4.90 Å². The predicted molar refractivity (Wildman–Crippen MR) is 73.4 cm³/mol. The molecule has 0 saturated heterocycles. The number of hydrogen-bond donors (Lipinski definition) is 2. The van der Waals surface area contributed by atoms with Crippen molar-refractivity contribution in [3.05, 3.63) is 28.8 Å². The molecule has 0 aromatic heterocycles. The second kappa shape index (κ2) is 6.99. The van der Waals surface area contributed by atoms with Crippen molar-refractivity contribution in [2.45, 2.75) is 13.8 Å². The summed E-state index contributed by atoms with van der Waals surface area (Å²) in [5.41, 5.74) is 0.0554. The van der Waals surface area contributed by atoms with Gasteiger partial charge in [0.15, 0.2) is 0 Å². The Kier molecular flexibility index (Phi) is 5.63. The van der Waals surface area contributed by atoms with E-state index >= 15 is 0 Å². The first-order chi connectivity index (χ1) is 8.99. The van der Waals surface area contributed by atoms with Crippen LogP contribution < -0.4 is 5.32 Å². The van der Waals surface area contributed by atoms with E-state index in [1.165, 1.54) is 18.2 Å². The van der Waals surface area contributed by atoms with Crippen molar-refractivity contribution in [2.24, 2.45) is 0 Å². The zero-order chi connectivity index (χ0) is 14.4. The molecule has 19 heavy (non-hydrogen) atoms. The number of benzene rings is 1. The normalized spacial score (nSPS) is 10.1. The first kappa shape index (κ1) is 15.3. The topological polar surface area (TPSA) is 69.6 Å². The average molecular weight is 285 g/mol. The smallest absolute Gasteiger partial charge is 0.255 e. The van der Waals surface area contributed by atoms with Crippen molar-refractivity contribution >= 4 is 23.4 Å². The summed E-state index contributed by atoms with van der Waals surface area (Å²) in [7, 11) is 0. The fourth-order valence-corrected chi connectivity index (χ4v) is 1.80. The molecule has 0 fully saturated rings. The molecule has 2 amide bonds. The largest absolute Gasteiger partial charge is 0.507 e. The average Bonchev–Trinajstić information content (AvgIpc) is 2.40. The van der Waals surface area contributed by atoms with Crippen LogP contribution in [-0.4, -0.2) is 41.5 Å². The van der Waals surface area contributed by atoms with Crippen LogP contribution in [0.4, 0.5) is 0 Å². The van der Waals surface area contributed by atoms with Crippen LogP contribution in [0.15, 0.2) is 18.2 Å². The third kappa shape index (κ3) is 4.13. The van der Waals surface area contributed by atoms with Gasteiger partial charge in [0.2, 0.25) is 5.91 Å². The quantitative estimate of drug-likeness (QED) is 0.864. The summed E-state index contributed by atoms with van der Waals surface area (Å²) in [5, 5.41) is 12.4. The number of rotatable bonds is 5. The molecule has 0 heterocycles. The minimum absolute atomic E-state index is 0.0554. The maximum absolute atomic E-state index is 11.8. The number of likely N-dealkylation sites (N-methyl/N-ethyl adjacent to an activating group) is 1. The highest BCUT2D eigenvalue weighted by atomic mass is 35.5. The molecule has 0 unspecified atom stereocenters. The maximum Gasteiger partial charge on any atom is 0.255 e. The van der Waals surface area contributed by atoms with E-state index in [4.69, 9.17) is 11.6 Å². The van der Waals surface area contributed by atoms with Gasteiger partial charge in [-0.2, -0.15) is 0 Å². The number of amides is 2. The minimum Gasteiger partial charge on any atom is -0.507 e. The molecule has 6 heteroatoms. The van der Waals surface area contributed by atoms with Gasteiger partial charge >= 0.3 is 0 Å². The fourth-order valence-electron chi connectivity index (χ4n) is 1.63. The van der Waals surface area contributed by atoms with Crippen LogP contribution in [-0.2, 0) is 4.79 Å². The Morgan fingerprint density at radius 3 is 2.53 bits per heavy atom. The van der Waals surface area contributed by atoms with Gasteiger partial charge in [-0.3, -0.25) is 9.59 Å². The van der Waals surface area contributed by atoms with Crippen molar-refractivity contribution < 1.29 is 14.7 Å². The van der Waals surface area contributed by atoms with Gasteiger partial charge in [0, 0.05) is 18.1 Å². The standard InChI is InChI=1S/C13H17ClN2O3/c1-3-16(4-2)12(18)8-15-13(19)10-7-9(14)5-6-11(10)17/h5-7,17H,3-4,8H2,1-2H3,(H,15,19). The molecule has 1 rings (SSSR count). The van der Waals surface area contributed by atoms with Crippen LogP contribution in [0.2, 0.25) is 5.02 Å². The molecule has 0 aliphatic heterocycles. The molecule has 0 saturated carbocycles. The van der Waals surface area contributed by atoms with Crippen LogP contribution in [0.25, 0.3) is 0 Å². The van der Waals surface area contributed by atoms with Crippen molar-refractivity contribution in [3.8, 4) is 5.75 Å². The van der Waals surface area contributed by atoms with Gasteiger partial charge in [0.05, 0.1) is 12.1 Å². The van der Waals surface area contributed by atoms with Crippen LogP contribution in [0.3, 0.4) is 0 Å². The van der Waals surface area contributed by atoms with Gasteiger partial charge in [-0.15, -0.1) is 0 Å². The number of carbonyl (C=O) groups is 2. The molecule has 1 aromatic rings. The van der Waals surface area contributed by atoms with E-state index in [1.807, 2.05) is 13.8 Å². The van der Waals surface area contributed by atoms with E-state index < -0.39 is 5.91 Å². The molecule has 0 atom stereocenters. The molecule has 0 aliphatic carbocycles. The second-order valence-corrected chi connectivity index (χ2v) is 4.35. The van der Waals surface area contributed by atoms with Gasteiger partial charge in [-0.1, -0.05) is 11.6 Å². The molecule has 1 aromatic carbocycles. The van der Waals surface area contributed by atoms with Crippen molar-refractivity contribution in [1.29, 1.82) is 0 Å². The minimum atomic E-state index is -0.527. The summed E-state index contributed by atoms with van der Waals surface area (Å²) in [6, 6.07) is 4.17. The van der Waals surface area contributed by atoms with E-state index in [2.05, 4.69) is 5.32 Å². The number of phenolic OH excluding ortho intramolecular Hbond substituents is 1. The Bertz CT molecular complexity index is 473. The number of nitrogens with zero attached hydrogens (tertiary/aromatic N) is 1. The molecule has 0 radical (unpaired) electrons. The van der Waals surface area contributed by atoms with Crippen molar-refractivity contribution in [3.63, 3.8) is 0 Å². The zero-order valence-corrected chi connectivity index (χ0v) is 11.7. The monoisotopic (exact) mass is 284 g/mol. The summed E-state index contributed by atoms with van der Waals surface area (Å²) in [5.74, 6) is -0.863. The number of aromatic hydroxyl groups is 1. The summed E-state index contributed by atoms with van der Waals surface area (Å²) >= 11 is 5.75. The Balaban J connectivity index is 2.65. The van der Waals surface area contributed by atoms with Crippen LogP contribution in [0, 0.1) is 0 Å². The van der Waals surface area contributed by atoms with Gasteiger partial charge in [-0.25, -0.2) is 0 Å². The van der Waals surface area contributed by atoms with Crippen molar-refractivity contribution in [2.75, 3.05) is 19.6 Å². The van der Waals surface area contributed by atoms with Gasteiger partial charge in [-0.05, 0) is 32.0 Å². The highest BCUT2D eigenvalue weighted by molar-refractivity contribution is 6.31. The summed E-state index contributed by atoms with van der Waals surface area (Å²) in [6.45, 7) is 4.81. The first-order valence-corrected chi connectivity index (χ1v) is 6.41. The van der Waals surface area contributed by atoms with Crippen LogP contribution >= 0.6 is 11.6 Å². The number of nitrogens with one attached hydrogen (secondary N) is 1. The SMILES string of the molecule is CCN(CC)C(=O)CNC(=O)c1cc(Cl)ccc1O. The maximum atomic E-state index is 11.8. The molecule has 0 aliphatic rings. The molecular formula is C13H17ClN2O3. The molecular weight excluding hydrogens is 268 g/mol. The molecule has 0 bridgehead atoms. The van der Waals surface area contributed by atoms with Crippen LogP contribution in [0.1, 0.15) is 24.2 Å². The second-order valence-electron chi connectivity index (χ2n) is 3.91. The first-order valence-electron chi connectivity index (χ1n) is 6.04. The van der Waals surface area contributed by atoms with Crippen LogP contribution in [0.5, 0.6) is 5.75 Å². The molecule has 104 valence electrons. The third-order valence-corrected chi connectivity index (χ3v) is 2.95. The van der Waals surface area contributed by atoms with E-state index in [9.17, 15) is 14.7 Å². The lowest BCUT2D eigenvalue weighted by molar-refractivity contribution is -0.129. The molecule has 5 nitrogen and oxygen atoms in total. The third-order valence-electron chi connectivity index (χ3n) is 2.72. The Morgan fingerprint density at radius 1 is 1.32 bits per heavy atom. The van der Waals surface area contributed by atoms with Gasteiger partial charge < -0.3 is 15.3 Å². The Labute approximate surface area is 117 Å². The van der Waals surface area contributed by atoms with Gasteiger partial charge in [0.25, 0.3) is 5.91 Å². The highest BCUT2D eigenvalue weighted by Crippen LogP contribution is 2.21. The fraction of sp³-hybridized carbons (Fsp3) is 0.385. The number of carbonyl (C=O) groups excluding carboxylic acids is 2. The highest BCUT2D eigenvalue weighted by Gasteiger charge is 2.15. The summed E-state index contributed by atoms with van der Waals surface area (Å²) in [4.78, 5) is 25.1. The van der Waals surface area contributed by atoms with Crippen molar-refractivity contribution in [1.82, 2.24) is 10.2 Å².